The fourth-order valence-electron chi connectivity index (χ4n) is 3.68. The van der Waals surface area contributed by atoms with E-state index in [1.165, 1.54) is 45.3 Å². The van der Waals surface area contributed by atoms with Gasteiger partial charge in [0.05, 0.1) is 26.2 Å². The lowest BCUT2D eigenvalue weighted by Crippen LogP contribution is -2.36. The highest BCUT2D eigenvalue weighted by molar-refractivity contribution is 7.11. The second-order valence-electron chi connectivity index (χ2n) is 11.2. The van der Waals surface area contributed by atoms with Crippen molar-refractivity contribution in [2.75, 3.05) is 0 Å². The zero-order valence-corrected chi connectivity index (χ0v) is 26.4. The average Bonchev–Trinajstić information content (AvgIpc) is 3.63. The standard InChI is InChI=1S/C26H30N6O4S4/c1-25(2,3)35-23(33)31-7-19-27-15(11-37-19)17-13-39-21(29-17)9-32(24(34)36-26(4,5)6)10-22-30-18(14-40-22)16-12-38-20(8-31)28-16/h11-14H,7-10H2,1-6H3. The molecule has 0 aromatic carbocycles. The Kier molecular flexibility index (Phi) is 7.97. The molecular formula is C26H30N6O4S4. The Balaban J connectivity index is 1.51. The van der Waals surface area contributed by atoms with Gasteiger partial charge in [-0.05, 0) is 41.5 Å². The van der Waals surface area contributed by atoms with Gasteiger partial charge in [0.2, 0.25) is 0 Å². The summed E-state index contributed by atoms with van der Waals surface area (Å²) in [5, 5.41) is 10.7. The molecule has 0 aliphatic carbocycles. The molecule has 0 saturated heterocycles. The van der Waals surface area contributed by atoms with Crippen LogP contribution in [0, 0.1) is 0 Å². The van der Waals surface area contributed by atoms with E-state index in [1.807, 2.05) is 63.1 Å². The van der Waals surface area contributed by atoms with E-state index < -0.39 is 23.4 Å². The van der Waals surface area contributed by atoms with Crippen LogP contribution in [-0.4, -0.2) is 53.1 Å². The van der Waals surface area contributed by atoms with Gasteiger partial charge in [0, 0.05) is 21.5 Å². The Morgan fingerprint density at radius 1 is 0.575 bits per heavy atom. The van der Waals surface area contributed by atoms with Gasteiger partial charge in [-0.3, -0.25) is 9.80 Å². The lowest BCUT2D eigenvalue weighted by atomic mass is 10.2. The summed E-state index contributed by atoms with van der Waals surface area (Å²) < 4.78 is 11.4. The van der Waals surface area contributed by atoms with Gasteiger partial charge in [-0.1, -0.05) is 0 Å². The van der Waals surface area contributed by atoms with Crippen molar-refractivity contribution in [2.24, 2.45) is 0 Å². The largest absolute Gasteiger partial charge is 0.444 e. The molecule has 5 heterocycles. The molecule has 2 amide bonds. The summed E-state index contributed by atoms with van der Waals surface area (Å²) in [4.78, 5) is 48.6. The summed E-state index contributed by atoms with van der Waals surface area (Å²) in [6, 6.07) is 0. The number of fused-ring (bicyclic) bond motifs is 10. The smallest absolute Gasteiger partial charge is 0.411 e. The van der Waals surface area contributed by atoms with E-state index in [4.69, 9.17) is 29.4 Å². The normalized spacial score (nSPS) is 14.4. The second-order valence-corrected chi connectivity index (χ2v) is 14.9. The zero-order chi connectivity index (χ0) is 28.7. The number of ether oxygens (including phenoxy) is 2. The Labute approximate surface area is 248 Å². The van der Waals surface area contributed by atoms with Crippen LogP contribution in [0.5, 0.6) is 0 Å². The van der Waals surface area contributed by atoms with Crippen LogP contribution in [0.3, 0.4) is 0 Å². The molecule has 0 radical (unpaired) electrons. The first-order chi connectivity index (χ1) is 18.8. The number of thiazole rings is 4. The van der Waals surface area contributed by atoms with Crippen molar-refractivity contribution in [3.8, 4) is 22.8 Å². The van der Waals surface area contributed by atoms with Crippen LogP contribution in [0.4, 0.5) is 9.59 Å². The van der Waals surface area contributed by atoms with Crippen molar-refractivity contribution >= 4 is 57.5 Å². The molecule has 40 heavy (non-hydrogen) atoms. The summed E-state index contributed by atoms with van der Waals surface area (Å²) in [5.41, 5.74) is 1.62. The van der Waals surface area contributed by atoms with E-state index in [1.54, 1.807) is 9.80 Å². The molecule has 0 saturated carbocycles. The van der Waals surface area contributed by atoms with Gasteiger partial charge >= 0.3 is 12.2 Å². The first-order valence-corrected chi connectivity index (χ1v) is 16.1. The monoisotopic (exact) mass is 618 g/mol. The van der Waals surface area contributed by atoms with Crippen molar-refractivity contribution < 1.29 is 19.1 Å². The molecule has 10 nitrogen and oxygen atoms in total. The number of hydrogen-bond acceptors (Lipinski definition) is 12. The molecule has 8 bridgehead atoms. The van der Waals surface area contributed by atoms with Gasteiger partial charge in [0.25, 0.3) is 0 Å². The van der Waals surface area contributed by atoms with Gasteiger partial charge in [-0.25, -0.2) is 29.5 Å². The fourth-order valence-corrected chi connectivity index (χ4v) is 6.89. The third-order valence-electron chi connectivity index (χ3n) is 5.34. The van der Waals surface area contributed by atoms with E-state index in [-0.39, 0.29) is 26.2 Å². The molecular weight excluding hydrogens is 589 g/mol. The third kappa shape index (κ3) is 7.22. The molecule has 0 unspecified atom stereocenters. The molecule has 4 aromatic rings. The van der Waals surface area contributed by atoms with Crippen LogP contribution in [-0.2, 0) is 35.7 Å². The summed E-state index contributed by atoms with van der Waals surface area (Å²) in [5.74, 6) is 0. The van der Waals surface area contributed by atoms with Crippen LogP contribution in [0.15, 0.2) is 21.5 Å². The average molecular weight is 619 g/mol. The Morgan fingerprint density at radius 2 is 0.825 bits per heavy atom. The second kappa shape index (κ2) is 11.1. The first-order valence-electron chi connectivity index (χ1n) is 12.6. The topological polar surface area (TPSA) is 111 Å². The van der Waals surface area contributed by atoms with Crippen LogP contribution < -0.4 is 0 Å². The fraction of sp³-hybridized carbons (Fsp3) is 0.462. The summed E-state index contributed by atoms with van der Waals surface area (Å²) in [6.45, 7) is 12.2. The van der Waals surface area contributed by atoms with Crippen molar-refractivity contribution in [3.63, 3.8) is 0 Å². The van der Waals surface area contributed by atoms with Gasteiger partial charge in [0.1, 0.15) is 54.0 Å². The molecule has 1 aliphatic heterocycles. The third-order valence-corrected chi connectivity index (χ3v) is 8.67. The number of carbonyl (C=O) groups excluding carboxylic acids is 2. The number of rotatable bonds is 0. The summed E-state index contributed by atoms with van der Waals surface area (Å²) in [6.07, 6.45) is -0.853. The van der Waals surface area contributed by atoms with E-state index in [9.17, 15) is 9.59 Å². The predicted molar refractivity (Wildman–Crippen MR) is 157 cm³/mol. The molecule has 14 heteroatoms. The minimum atomic E-state index is -0.633. The van der Waals surface area contributed by atoms with E-state index in [0.717, 1.165) is 42.8 Å². The van der Waals surface area contributed by atoms with Crippen LogP contribution >= 0.6 is 45.3 Å². The molecule has 1 aliphatic rings. The SMILES string of the molecule is CC(C)(C)OC(=O)N1Cc2nc(cs2)-c2csc(n2)CN(C(=O)OC(C)(C)C)Cc2nc(cs2)-c2csc(n2)C1. The maximum atomic E-state index is 13.1. The number of hydrogen-bond donors (Lipinski definition) is 0. The summed E-state index contributed by atoms with van der Waals surface area (Å²) >= 11 is 5.84. The highest BCUT2D eigenvalue weighted by Crippen LogP contribution is 2.30. The number of amides is 2. The number of nitrogens with zero attached hydrogens (tertiary/aromatic N) is 6. The molecule has 5 rings (SSSR count). The highest BCUT2D eigenvalue weighted by atomic mass is 32.1. The molecule has 0 atom stereocenters. The first kappa shape index (κ1) is 28.6. The minimum Gasteiger partial charge on any atom is -0.444 e. The lowest BCUT2D eigenvalue weighted by Gasteiger charge is -2.26. The van der Waals surface area contributed by atoms with Crippen molar-refractivity contribution in [1.82, 2.24) is 29.7 Å². The van der Waals surface area contributed by atoms with Gasteiger partial charge < -0.3 is 9.47 Å². The van der Waals surface area contributed by atoms with Crippen LogP contribution in [0.2, 0.25) is 0 Å². The van der Waals surface area contributed by atoms with E-state index in [2.05, 4.69) is 0 Å². The quantitative estimate of drug-likeness (QED) is 0.206. The van der Waals surface area contributed by atoms with Crippen LogP contribution in [0.1, 0.15) is 61.6 Å². The molecule has 4 aromatic heterocycles. The Morgan fingerprint density at radius 3 is 1.05 bits per heavy atom. The Hall–Kier alpha value is -2.94. The molecule has 0 spiro atoms. The Bertz CT molecular complexity index is 1310. The molecule has 0 N–H and O–H groups in total. The summed E-state index contributed by atoms with van der Waals surface area (Å²) in [7, 11) is 0. The maximum absolute atomic E-state index is 13.1. The maximum Gasteiger partial charge on any atom is 0.411 e. The highest BCUT2D eigenvalue weighted by Gasteiger charge is 2.27. The van der Waals surface area contributed by atoms with E-state index in [0.29, 0.717) is 0 Å². The van der Waals surface area contributed by atoms with Crippen LogP contribution in [0.25, 0.3) is 22.8 Å². The zero-order valence-electron chi connectivity index (χ0n) is 23.1. The minimum absolute atomic E-state index is 0.277. The van der Waals surface area contributed by atoms with Gasteiger partial charge in [-0.2, -0.15) is 0 Å². The lowest BCUT2D eigenvalue weighted by molar-refractivity contribution is 0.0206. The van der Waals surface area contributed by atoms with Gasteiger partial charge in [-0.15, -0.1) is 45.3 Å². The van der Waals surface area contributed by atoms with Crippen molar-refractivity contribution in [1.29, 1.82) is 0 Å². The van der Waals surface area contributed by atoms with E-state index >= 15 is 0 Å². The predicted octanol–water partition coefficient (Wildman–Crippen LogP) is 7.03. The number of aromatic nitrogens is 4. The van der Waals surface area contributed by atoms with Crippen molar-refractivity contribution in [2.45, 2.75) is 78.9 Å². The number of carbonyl (C=O) groups is 2. The molecule has 212 valence electrons. The molecule has 0 fully saturated rings. The van der Waals surface area contributed by atoms with Gasteiger partial charge in [0.15, 0.2) is 0 Å². The van der Waals surface area contributed by atoms with Crippen molar-refractivity contribution in [3.05, 3.63) is 41.6 Å².